The van der Waals surface area contributed by atoms with Crippen LogP contribution in [-0.4, -0.2) is 42.8 Å². The van der Waals surface area contributed by atoms with Gasteiger partial charge in [0.05, 0.1) is 13.2 Å². The molecule has 0 aromatic rings. The number of esters is 1. The third-order valence-corrected chi connectivity index (χ3v) is 4.79. The Morgan fingerprint density at radius 1 is 0.962 bits per heavy atom. The van der Waals surface area contributed by atoms with Crippen molar-refractivity contribution in [2.45, 2.75) is 97.4 Å². The van der Waals surface area contributed by atoms with Gasteiger partial charge in [0.15, 0.2) is 0 Å². The van der Waals surface area contributed by atoms with E-state index in [0.717, 1.165) is 19.3 Å². The molecule has 26 heavy (non-hydrogen) atoms. The van der Waals surface area contributed by atoms with Gasteiger partial charge in [0.25, 0.3) is 0 Å². The zero-order valence-electron chi connectivity index (χ0n) is 17.1. The molecule has 0 spiro atoms. The first-order chi connectivity index (χ1) is 12.6. The van der Waals surface area contributed by atoms with Crippen molar-refractivity contribution in [1.29, 1.82) is 0 Å². The predicted molar refractivity (Wildman–Crippen MR) is 104 cm³/mol. The van der Waals surface area contributed by atoms with Gasteiger partial charge in [-0.15, -0.1) is 0 Å². The number of ether oxygens (including phenoxy) is 2. The van der Waals surface area contributed by atoms with Crippen LogP contribution in [0.3, 0.4) is 0 Å². The fourth-order valence-corrected chi connectivity index (χ4v) is 3.23. The molecule has 5 heteroatoms. The fourth-order valence-electron chi connectivity index (χ4n) is 3.23. The summed E-state index contributed by atoms with van der Waals surface area (Å²) < 4.78 is 10.7. The van der Waals surface area contributed by atoms with E-state index >= 15 is 0 Å². The summed E-state index contributed by atoms with van der Waals surface area (Å²) in [7, 11) is 0. The number of rotatable bonds is 13. The van der Waals surface area contributed by atoms with Gasteiger partial charge in [-0.05, 0) is 25.2 Å². The van der Waals surface area contributed by atoms with Crippen LogP contribution in [0.2, 0.25) is 0 Å². The Hall–Kier alpha value is -1.26. The van der Waals surface area contributed by atoms with E-state index < -0.39 is 6.04 Å². The molecule has 0 radical (unpaired) electrons. The van der Waals surface area contributed by atoms with Crippen LogP contribution >= 0.6 is 0 Å². The van der Waals surface area contributed by atoms with Gasteiger partial charge >= 0.3 is 12.1 Å². The summed E-state index contributed by atoms with van der Waals surface area (Å²) in [6, 6.07) is -0.465. The predicted octanol–water partition coefficient (Wildman–Crippen LogP) is 5.32. The van der Waals surface area contributed by atoms with E-state index in [9.17, 15) is 9.59 Å². The number of hydrogen-bond donors (Lipinski definition) is 0. The first-order valence-corrected chi connectivity index (χ1v) is 10.7. The van der Waals surface area contributed by atoms with Crippen LogP contribution < -0.4 is 0 Å². The Labute approximate surface area is 159 Å². The van der Waals surface area contributed by atoms with E-state index in [2.05, 4.69) is 6.92 Å². The molecule has 1 unspecified atom stereocenters. The van der Waals surface area contributed by atoms with E-state index in [-0.39, 0.29) is 12.1 Å². The molecule has 1 saturated heterocycles. The van der Waals surface area contributed by atoms with Crippen molar-refractivity contribution in [2.75, 3.05) is 19.8 Å². The zero-order valence-corrected chi connectivity index (χ0v) is 17.1. The highest BCUT2D eigenvalue weighted by molar-refractivity contribution is 5.82. The van der Waals surface area contributed by atoms with Crippen molar-refractivity contribution in [2.24, 2.45) is 5.92 Å². The first kappa shape index (κ1) is 22.8. The normalized spacial score (nSPS) is 16.9. The van der Waals surface area contributed by atoms with Crippen molar-refractivity contribution < 1.29 is 19.1 Å². The lowest BCUT2D eigenvalue weighted by Crippen LogP contribution is -2.42. The van der Waals surface area contributed by atoms with Crippen molar-refractivity contribution in [1.82, 2.24) is 4.90 Å². The molecular weight excluding hydrogens is 330 g/mol. The maximum absolute atomic E-state index is 12.3. The molecular formula is C21H39NO4. The molecule has 0 bridgehead atoms. The molecule has 1 heterocycles. The van der Waals surface area contributed by atoms with Crippen LogP contribution in [0, 0.1) is 5.92 Å². The van der Waals surface area contributed by atoms with Gasteiger partial charge in [-0.25, -0.2) is 9.59 Å². The van der Waals surface area contributed by atoms with E-state index in [1.54, 1.807) is 0 Å². The minimum absolute atomic E-state index is 0.274. The summed E-state index contributed by atoms with van der Waals surface area (Å²) in [6.45, 7) is 7.65. The van der Waals surface area contributed by atoms with Crippen molar-refractivity contribution in [3.05, 3.63) is 0 Å². The highest BCUT2D eigenvalue weighted by Crippen LogP contribution is 2.20. The van der Waals surface area contributed by atoms with Crippen LogP contribution in [-0.2, 0) is 14.3 Å². The molecule has 0 saturated carbocycles. The maximum atomic E-state index is 12.3. The van der Waals surface area contributed by atoms with Crippen LogP contribution in [0.25, 0.3) is 0 Å². The molecule has 1 rings (SSSR count). The van der Waals surface area contributed by atoms with Crippen molar-refractivity contribution in [3.63, 3.8) is 0 Å². The third kappa shape index (κ3) is 9.44. The van der Waals surface area contributed by atoms with Gasteiger partial charge in [-0.3, -0.25) is 4.90 Å². The average molecular weight is 370 g/mol. The Morgan fingerprint density at radius 2 is 1.58 bits per heavy atom. The minimum atomic E-state index is -0.465. The first-order valence-electron chi connectivity index (χ1n) is 10.7. The van der Waals surface area contributed by atoms with Crippen LogP contribution in [0.5, 0.6) is 0 Å². The molecule has 1 fully saturated rings. The van der Waals surface area contributed by atoms with E-state index in [1.807, 2.05) is 13.8 Å². The summed E-state index contributed by atoms with van der Waals surface area (Å²) >= 11 is 0. The van der Waals surface area contributed by atoms with Crippen molar-refractivity contribution in [3.8, 4) is 0 Å². The smallest absolute Gasteiger partial charge is 0.410 e. The molecule has 1 amide bonds. The van der Waals surface area contributed by atoms with E-state index in [1.165, 1.54) is 49.8 Å². The lowest BCUT2D eigenvalue weighted by molar-refractivity contribution is -0.148. The zero-order chi connectivity index (χ0) is 19.2. The van der Waals surface area contributed by atoms with Gasteiger partial charge < -0.3 is 9.47 Å². The molecule has 0 aromatic heterocycles. The lowest BCUT2D eigenvalue weighted by atomic mass is 10.1. The highest BCUT2D eigenvalue weighted by atomic mass is 16.6. The molecule has 152 valence electrons. The SMILES string of the molecule is CCCCCCCCCCCOC(=O)C1CCCN1C(=O)OCC(C)C. The monoisotopic (exact) mass is 369 g/mol. The van der Waals surface area contributed by atoms with E-state index in [4.69, 9.17) is 9.47 Å². The summed E-state index contributed by atoms with van der Waals surface area (Å²) in [6.07, 6.45) is 12.3. The topological polar surface area (TPSA) is 55.8 Å². The van der Waals surface area contributed by atoms with Gasteiger partial charge in [0, 0.05) is 6.54 Å². The largest absolute Gasteiger partial charge is 0.464 e. The second-order valence-electron chi connectivity index (χ2n) is 7.82. The molecule has 5 nitrogen and oxygen atoms in total. The highest BCUT2D eigenvalue weighted by Gasteiger charge is 2.36. The number of carbonyl (C=O) groups excluding carboxylic acids is 2. The van der Waals surface area contributed by atoms with Crippen LogP contribution in [0.1, 0.15) is 91.4 Å². The Morgan fingerprint density at radius 3 is 2.19 bits per heavy atom. The third-order valence-electron chi connectivity index (χ3n) is 4.79. The average Bonchev–Trinajstić information content (AvgIpc) is 3.11. The molecule has 1 atom stereocenters. The van der Waals surface area contributed by atoms with Crippen LogP contribution in [0.4, 0.5) is 4.79 Å². The van der Waals surface area contributed by atoms with Gasteiger partial charge in [0.1, 0.15) is 6.04 Å². The fraction of sp³-hybridized carbons (Fsp3) is 0.905. The molecule has 0 N–H and O–H groups in total. The summed E-state index contributed by atoms with van der Waals surface area (Å²) in [5.74, 6) is 0.0159. The summed E-state index contributed by atoms with van der Waals surface area (Å²) in [4.78, 5) is 25.9. The second kappa shape index (κ2) is 13.9. The quantitative estimate of drug-likeness (QED) is 0.326. The number of unbranched alkanes of at least 4 members (excludes halogenated alkanes) is 8. The van der Waals surface area contributed by atoms with Gasteiger partial charge in [-0.1, -0.05) is 72.1 Å². The van der Waals surface area contributed by atoms with Gasteiger partial charge in [-0.2, -0.15) is 0 Å². The molecule has 1 aliphatic heterocycles. The summed E-state index contributed by atoms with van der Waals surface area (Å²) in [5.41, 5.74) is 0. The number of carbonyl (C=O) groups is 2. The Bertz CT molecular complexity index is 397. The number of hydrogen-bond acceptors (Lipinski definition) is 4. The minimum Gasteiger partial charge on any atom is -0.464 e. The molecule has 0 aliphatic carbocycles. The number of amides is 1. The van der Waals surface area contributed by atoms with Crippen LogP contribution in [0.15, 0.2) is 0 Å². The lowest BCUT2D eigenvalue weighted by Gasteiger charge is -2.23. The number of nitrogens with zero attached hydrogens (tertiary/aromatic N) is 1. The Kier molecular flexibility index (Phi) is 12.2. The standard InChI is InChI=1S/C21H39NO4/c1-4-5-6-7-8-9-10-11-12-16-25-20(23)19-14-13-15-22(19)21(24)26-17-18(2)3/h18-19H,4-17H2,1-3H3. The van der Waals surface area contributed by atoms with Crippen molar-refractivity contribution >= 4 is 12.1 Å². The molecule has 0 aromatic carbocycles. The Balaban J connectivity index is 2.11. The number of likely N-dealkylation sites (tertiary alicyclic amines) is 1. The van der Waals surface area contributed by atoms with Gasteiger partial charge in [0.2, 0.25) is 0 Å². The second-order valence-corrected chi connectivity index (χ2v) is 7.82. The van der Waals surface area contributed by atoms with E-state index in [0.29, 0.717) is 32.1 Å². The summed E-state index contributed by atoms with van der Waals surface area (Å²) in [5, 5.41) is 0. The molecule has 1 aliphatic rings. The maximum Gasteiger partial charge on any atom is 0.410 e.